The van der Waals surface area contributed by atoms with E-state index in [1.54, 1.807) is 24.3 Å². The molecule has 1 saturated heterocycles. The van der Waals surface area contributed by atoms with Crippen LogP contribution in [0.1, 0.15) is 11.3 Å². The number of nitrogens with two attached hydrogens (primary N) is 1. The number of hydrogen-bond donors (Lipinski definition) is 3. The summed E-state index contributed by atoms with van der Waals surface area (Å²) in [5.41, 5.74) is 11.3. The number of amides is 2. The van der Waals surface area contributed by atoms with Crippen LogP contribution in [0.25, 0.3) is 16.6 Å². The van der Waals surface area contributed by atoms with Crippen molar-refractivity contribution in [2.24, 2.45) is 0 Å². The average Bonchev–Trinajstić information content (AvgIpc) is 3.22. The van der Waals surface area contributed by atoms with E-state index in [4.69, 9.17) is 10.5 Å². The van der Waals surface area contributed by atoms with E-state index in [1.807, 2.05) is 23.6 Å². The number of aryl methyl sites for hydroxylation is 1. The van der Waals surface area contributed by atoms with Crippen molar-refractivity contribution in [1.82, 2.24) is 19.5 Å². The van der Waals surface area contributed by atoms with Crippen molar-refractivity contribution in [3.8, 4) is 11.1 Å². The Morgan fingerprint density at radius 1 is 1.11 bits per heavy atom. The Bertz CT molecular complexity index is 1360. The molecule has 5 rings (SSSR count). The molecule has 4 N–H and O–H groups in total. The Labute approximate surface area is 201 Å². The molecule has 1 aliphatic heterocycles. The largest absolute Gasteiger partial charge is 0.382 e. The third-order valence-corrected chi connectivity index (χ3v) is 5.97. The van der Waals surface area contributed by atoms with Gasteiger partial charge < -0.3 is 21.1 Å². The lowest BCUT2D eigenvalue weighted by molar-refractivity contribution is 0.0334. The minimum atomic E-state index is -0.526. The predicted molar refractivity (Wildman–Crippen MR) is 133 cm³/mol. The molecule has 4 aromatic rings. The number of fused-ring (bicyclic) bond motifs is 1. The molecule has 0 saturated carbocycles. The fraction of sp³-hybridized carbons (Fsp3) is 0.240. The molecule has 2 amide bonds. The number of morpholine rings is 1. The number of ether oxygens (including phenoxy) is 1. The smallest absolute Gasteiger partial charge is 0.323 e. The van der Waals surface area contributed by atoms with Crippen molar-refractivity contribution in [2.75, 3.05) is 42.7 Å². The number of nitrogen functional groups attached to an aromatic ring is 1. The summed E-state index contributed by atoms with van der Waals surface area (Å²) in [5.74, 6) is -0.0978. The molecule has 0 spiro atoms. The standard InChI is InChI=1S/C25H26FN7O2/c1-16-2-7-21(26)22(12-16)31-25(34)30-18-5-3-17(4-6-18)20-13-19(14-32-8-10-35-11-9-32)33-23(20)24(27)28-15-29-33/h2-7,12-13,15H,8-11,14H2,1H3,(H2,27,28,29)(H2,30,31,34). The number of carbonyl (C=O) groups excluding carboxylic acids is 1. The van der Waals surface area contributed by atoms with Crippen LogP contribution < -0.4 is 16.4 Å². The fourth-order valence-corrected chi connectivity index (χ4v) is 4.21. The van der Waals surface area contributed by atoms with Crippen molar-refractivity contribution in [3.63, 3.8) is 0 Å². The van der Waals surface area contributed by atoms with Gasteiger partial charge in [-0.15, -0.1) is 0 Å². The van der Waals surface area contributed by atoms with E-state index < -0.39 is 11.8 Å². The Morgan fingerprint density at radius 3 is 2.66 bits per heavy atom. The maximum Gasteiger partial charge on any atom is 0.323 e. The molecule has 0 aliphatic carbocycles. The Morgan fingerprint density at radius 2 is 1.89 bits per heavy atom. The van der Waals surface area contributed by atoms with Crippen LogP contribution in [0.5, 0.6) is 0 Å². The molecule has 0 atom stereocenters. The second-order valence-corrected chi connectivity index (χ2v) is 8.48. The average molecular weight is 476 g/mol. The van der Waals surface area contributed by atoms with Gasteiger partial charge in [-0.05, 0) is 48.4 Å². The van der Waals surface area contributed by atoms with Gasteiger partial charge in [-0.3, -0.25) is 4.90 Å². The first kappa shape index (κ1) is 22.8. The number of halogens is 1. The highest BCUT2D eigenvalue weighted by molar-refractivity contribution is 6.00. The van der Waals surface area contributed by atoms with Gasteiger partial charge in [0.2, 0.25) is 0 Å². The third-order valence-electron chi connectivity index (χ3n) is 5.97. The molecule has 35 heavy (non-hydrogen) atoms. The first-order valence-corrected chi connectivity index (χ1v) is 11.3. The molecule has 1 fully saturated rings. The van der Waals surface area contributed by atoms with E-state index in [0.717, 1.165) is 47.5 Å². The maximum absolute atomic E-state index is 13.9. The third kappa shape index (κ3) is 4.93. The van der Waals surface area contributed by atoms with Gasteiger partial charge in [-0.2, -0.15) is 5.10 Å². The van der Waals surface area contributed by atoms with Crippen LogP contribution in [0.4, 0.5) is 26.4 Å². The van der Waals surface area contributed by atoms with Crippen LogP contribution in [0.3, 0.4) is 0 Å². The summed E-state index contributed by atoms with van der Waals surface area (Å²) in [5, 5.41) is 9.71. The van der Waals surface area contributed by atoms with E-state index in [1.165, 1.54) is 12.4 Å². The van der Waals surface area contributed by atoms with Crippen LogP contribution in [0, 0.1) is 12.7 Å². The highest BCUT2D eigenvalue weighted by atomic mass is 19.1. The number of anilines is 3. The number of aromatic nitrogens is 3. The van der Waals surface area contributed by atoms with Gasteiger partial charge >= 0.3 is 6.03 Å². The minimum Gasteiger partial charge on any atom is -0.382 e. The van der Waals surface area contributed by atoms with Crippen molar-refractivity contribution in [2.45, 2.75) is 13.5 Å². The number of carbonyl (C=O) groups is 1. The molecule has 2 aromatic heterocycles. The van der Waals surface area contributed by atoms with Crippen LogP contribution in [-0.2, 0) is 11.3 Å². The summed E-state index contributed by atoms with van der Waals surface area (Å²) in [6, 6.07) is 13.5. The quantitative estimate of drug-likeness (QED) is 0.404. The molecule has 180 valence electrons. The number of urea groups is 1. The van der Waals surface area contributed by atoms with Gasteiger partial charge in [0.15, 0.2) is 5.82 Å². The number of rotatable bonds is 5. The summed E-state index contributed by atoms with van der Waals surface area (Å²) in [4.78, 5) is 18.9. The Kier molecular flexibility index (Phi) is 6.30. The molecular formula is C25H26FN7O2. The normalized spacial score (nSPS) is 14.2. The first-order valence-electron chi connectivity index (χ1n) is 11.3. The highest BCUT2D eigenvalue weighted by Gasteiger charge is 2.19. The van der Waals surface area contributed by atoms with E-state index in [0.29, 0.717) is 24.7 Å². The number of benzene rings is 2. The minimum absolute atomic E-state index is 0.127. The van der Waals surface area contributed by atoms with Crippen molar-refractivity contribution in [3.05, 3.63) is 71.9 Å². The molecule has 9 nitrogen and oxygen atoms in total. The maximum atomic E-state index is 13.9. The van der Waals surface area contributed by atoms with Gasteiger partial charge in [-0.25, -0.2) is 18.7 Å². The van der Waals surface area contributed by atoms with Crippen molar-refractivity contribution < 1.29 is 13.9 Å². The molecule has 0 unspecified atom stereocenters. The van der Waals surface area contributed by atoms with E-state index in [-0.39, 0.29) is 5.69 Å². The van der Waals surface area contributed by atoms with Crippen LogP contribution in [0.2, 0.25) is 0 Å². The lowest BCUT2D eigenvalue weighted by Gasteiger charge is -2.26. The number of hydrogen-bond acceptors (Lipinski definition) is 6. The number of nitrogens with zero attached hydrogens (tertiary/aromatic N) is 4. The topological polar surface area (TPSA) is 110 Å². The summed E-state index contributed by atoms with van der Waals surface area (Å²) in [6.45, 7) is 5.70. The zero-order valence-corrected chi connectivity index (χ0v) is 19.3. The summed E-state index contributed by atoms with van der Waals surface area (Å²) >= 11 is 0. The second kappa shape index (κ2) is 9.69. The number of nitrogens with one attached hydrogen (secondary N) is 2. The van der Waals surface area contributed by atoms with Gasteiger partial charge in [0.25, 0.3) is 0 Å². The van der Waals surface area contributed by atoms with E-state index >= 15 is 0 Å². The van der Waals surface area contributed by atoms with E-state index in [9.17, 15) is 9.18 Å². The van der Waals surface area contributed by atoms with Gasteiger partial charge in [0, 0.05) is 30.9 Å². The zero-order chi connectivity index (χ0) is 24.4. The molecule has 3 heterocycles. The van der Waals surface area contributed by atoms with Crippen molar-refractivity contribution >= 4 is 28.7 Å². The van der Waals surface area contributed by atoms with E-state index in [2.05, 4.69) is 31.7 Å². The Balaban J connectivity index is 1.36. The molecule has 0 radical (unpaired) electrons. The predicted octanol–water partition coefficient (Wildman–Crippen LogP) is 3.90. The molecular weight excluding hydrogens is 449 g/mol. The second-order valence-electron chi connectivity index (χ2n) is 8.48. The lowest BCUT2D eigenvalue weighted by atomic mass is 10.1. The van der Waals surface area contributed by atoms with Crippen molar-refractivity contribution in [1.29, 1.82) is 0 Å². The molecule has 2 aromatic carbocycles. The summed E-state index contributed by atoms with van der Waals surface area (Å²) in [7, 11) is 0. The first-order chi connectivity index (χ1) is 17.0. The molecule has 10 heteroatoms. The molecule has 1 aliphatic rings. The monoisotopic (exact) mass is 475 g/mol. The lowest BCUT2D eigenvalue weighted by Crippen LogP contribution is -2.36. The molecule has 0 bridgehead atoms. The zero-order valence-electron chi connectivity index (χ0n) is 19.3. The SMILES string of the molecule is Cc1ccc(F)c(NC(=O)Nc2ccc(-c3cc(CN4CCOCC4)n4ncnc(N)c34)cc2)c1. The van der Waals surface area contributed by atoms with Gasteiger partial charge in [-0.1, -0.05) is 18.2 Å². The Hall–Kier alpha value is -4.02. The fourth-order valence-electron chi connectivity index (χ4n) is 4.21. The van der Waals surface area contributed by atoms with Gasteiger partial charge in [0.1, 0.15) is 17.7 Å². The highest BCUT2D eigenvalue weighted by Crippen LogP contribution is 2.31. The summed E-state index contributed by atoms with van der Waals surface area (Å²) < 4.78 is 21.2. The van der Waals surface area contributed by atoms with Crippen LogP contribution >= 0.6 is 0 Å². The van der Waals surface area contributed by atoms with Crippen LogP contribution in [0.15, 0.2) is 54.9 Å². The summed E-state index contributed by atoms with van der Waals surface area (Å²) in [6.07, 6.45) is 1.46. The van der Waals surface area contributed by atoms with Gasteiger partial charge in [0.05, 0.1) is 24.6 Å². The van der Waals surface area contributed by atoms with Crippen LogP contribution in [-0.4, -0.2) is 51.8 Å².